The van der Waals surface area contributed by atoms with Crippen molar-refractivity contribution in [2.45, 2.75) is 83.8 Å². The summed E-state index contributed by atoms with van der Waals surface area (Å²) in [6, 6.07) is 0. The summed E-state index contributed by atoms with van der Waals surface area (Å²) in [6.45, 7) is 12.7. The van der Waals surface area contributed by atoms with E-state index in [1.807, 2.05) is 0 Å². The normalized spacial score (nSPS) is 10.3. The summed E-state index contributed by atoms with van der Waals surface area (Å²) in [4.78, 5) is 0. The van der Waals surface area contributed by atoms with Crippen LogP contribution in [-0.2, 0) is 8.23 Å². The molecule has 0 spiro atoms. The molecule has 140 valence electrons. The summed E-state index contributed by atoms with van der Waals surface area (Å²) in [5, 5.41) is 0. The van der Waals surface area contributed by atoms with Crippen molar-refractivity contribution < 1.29 is 8.23 Å². The molecule has 21 heavy (non-hydrogen) atoms. The van der Waals surface area contributed by atoms with E-state index in [9.17, 15) is 0 Å². The van der Waals surface area contributed by atoms with Crippen molar-refractivity contribution in [2.75, 3.05) is 12.3 Å². The van der Waals surface area contributed by atoms with E-state index in [2.05, 4.69) is 39.3 Å². The van der Waals surface area contributed by atoms with E-state index in [1.165, 1.54) is 0 Å². The highest BCUT2D eigenvalue weighted by Gasteiger charge is 2.38. The number of hydrogen-bond donors (Lipinski definition) is 2. The van der Waals surface area contributed by atoms with Crippen molar-refractivity contribution >= 4 is 25.2 Å². The third-order valence-corrected chi connectivity index (χ3v) is 12.3. The second kappa shape index (κ2) is 15.4. The summed E-state index contributed by atoms with van der Waals surface area (Å²) in [5.41, 5.74) is 11.4. The van der Waals surface area contributed by atoms with Gasteiger partial charge in [0.05, 0.1) is 0 Å². The van der Waals surface area contributed by atoms with E-state index in [0.717, 1.165) is 0 Å². The lowest BCUT2D eigenvalue weighted by Gasteiger charge is -2.37. The Hall–Kier alpha value is 0.491. The van der Waals surface area contributed by atoms with Crippen molar-refractivity contribution in [1.82, 2.24) is 0 Å². The zero-order chi connectivity index (χ0) is 12.3. The van der Waals surface area contributed by atoms with Gasteiger partial charge >= 0.3 is 8.56 Å². The molecular weight excluding hydrogens is 312 g/mol. The zero-order valence-corrected chi connectivity index (χ0v) is 13.9. The molecule has 0 aromatic rings. The second-order valence-corrected chi connectivity index (χ2v) is 17.8. The van der Waals surface area contributed by atoms with Gasteiger partial charge in [-0.1, -0.05) is 44.6 Å². The lowest BCUT2D eigenvalue weighted by Crippen LogP contribution is -2.56. The molecule has 0 rings (SSSR count). The third kappa shape index (κ3) is 20.5. The van der Waals surface area contributed by atoms with Crippen LogP contribution in [0.4, 0.5) is 0 Å². The van der Waals surface area contributed by atoms with E-state index >= 15 is 0 Å². The fourth-order valence-corrected chi connectivity index (χ4v) is 13.3. The van der Waals surface area contributed by atoms with Gasteiger partial charge in [0.25, 0.3) is 0 Å². The van der Waals surface area contributed by atoms with E-state index in [-0.39, 0.29) is 44.6 Å². The summed E-state index contributed by atoms with van der Waals surface area (Å²) in [5.74, 6) is 0. The molecule has 0 amide bonds. The molecule has 0 saturated carbocycles. The largest absolute Gasteiger partial charge is 0.435 e. The van der Waals surface area contributed by atoms with Crippen LogP contribution in [0.2, 0.25) is 39.3 Å². The molecule has 0 aliphatic heterocycles. The average molecular weight is 363 g/mol. The monoisotopic (exact) mass is 362 g/mol. The van der Waals surface area contributed by atoms with Crippen molar-refractivity contribution in [2.24, 2.45) is 11.5 Å². The topological polar surface area (TPSA) is 70.5 Å². The molecule has 0 heterocycles. The lowest BCUT2D eigenvalue weighted by atomic mass is 11.5. The first-order valence-corrected chi connectivity index (χ1v) is 14.4. The van der Waals surface area contributed by atoms with Crippen molar-refractivity contribution in [3.05, 3.63) is 0 Å². The summed E-state index contributed by atoms with van der Waals surface area (Å²) in [7, 11) is -5.51. The molecule has 0 fully saturated rings. The molecule has 0 bridgehead atoms. The smallest absolute Gasteiger partial charge is 0.311 e. The van der Waals surface area contributed by atoms with Crippen molar-refractivity contribution in [3.63, 3.8) is 0 Å². The molecule has 0 aromatic heterocycles. The first-order chi connectivity index (χ1) is 6.54. The maximum Gasteiger partial charge on any atom is 0.311 e. The fraction of sp³-hybridized carbons (Fsp3) is 1.00. The standard InChI is InChI=1S/C8H26N2O2Si3.6CH4/c1-13(2,7-9)11-15(5,6)12-14(3,4)8-10;;;;;;/h7-10H2,1-6H3;6*1H4. The predicted molar refractivity (Wildman–Crippen MR) is 113 cm³/mol. The quantitative estimate of drug-likeness (QED) is 0.656. The van der Waals surface area contributed by atoms with Crippen LogP contribution in [0, 0.1) is 0 Å². The Labute approximate surface area is 141 Å². The highest BCUT2D eigenvalue weighted by atomic mass is 28.5. The minimum absolute atomic E-state index is 0. The molecule has 0 aliphatic carbocycles. The number of rotatable bonds is 6. The first kappa shape index (κ1) is 43.0. The lowest BCUT2D eigenvalue weighted by molar-refractivity contribution is 0.390. The average Bonchev–Trinajstić information content (AvgIpc) is 2.00. The molecule has 0 unspecified atom stereocenters. The Morgan fingerprint density at radius 2 is 0.762 bits per heavy atom. The van der Waals surface area contributed by atoms with Crippen LogP contribution in [-0.4, -0.2) is 37.5 Å². The fourth-order valence-electron chi connectivity index (χ4n) is 1.43. The molecule has 0 saturated heterocycles. The third-order valence-electron chi connectivity index (χ3n) is 2.03. The molecule has 0 atom stereocenters. The molecule has 0 radical (unpaired) electrons. The van der Waals surface area contributed by atoms with Gasteiger partial charge in [0.1, 0.15) is 0 Å². The molecular formula is C14H50N2O2Si3. The highest BCUT2D eigenvalue weighted by Crippen LogP contribution is 2.19. The first-order valence-electron chi connectivity index (χ1n) is 5.34. The minimum Gasteiger partial charge on any atom is -0.435 e. The van der Waals surface area contributed by atoms with Crippen molar-refractivity contribution in [3.8, 4) is 0 Å². The van der Waals surface area contributed by atoms with Gasteiger partial charge in [0.15, 0.2) is 16.6 Å². The Morgan fingerprint density at radius 1 is 0.571 bits per heavy atom. The van der Waals surface area contributed by atoms with Gasteiger partial charge in [-0.2, -0.15) is 0 Å². The van der Waals surface area contributed by atoms with Crippen LogP contribution in [0.25, 0.3) is 0 Å². The summed E-state index contributed by atoms with van der Waals surface area (Å²) in [6.07, 6.45) is 1.27. The van der Waals surface area contributed by atoms with Gasteiger partial charge in [0, 0.05) is 12.3 Å². The van der Waals surface area contributed by atoms with Crippen LogP contribution in [0.1, 0.15) is 44.6 Å². The number of nitrogens with two attached hydrogens (primary N) is 2. The predicted octanol–water partition coefficient (Wildman–Crippen LogP) is 4.94. The van der Waals surface area contributed by atoms with Gasteiger partial charge < -0.3 is 19.7 Å². The SMILES string of the molecule is C.C.C.C.C.C.C[Si](C)(CN)O[Si](C)(C)O[Si](C)(C)CN. The van der Waals surface area contributed by atoms with Crippen LogP contribution < -0.4 is 11.5 Å². The Bertz CT molecular complexity index is 194. The zero-order valence-electron chi connectivity index (χ0n) is 10.9. The maximum absolute atomic E-state index is 6.12. The molecule has 4 N–H and O–H groups in total. The van der Waals surface area contributed by atoms with E-state index in [4.69, 9.17) is 19.7 Å². The van der Waals surface area contributed by atoms with Crippen molar-refractivity contribution in [1.29, 1.82) is 0 Å². The van der Waals surface area contributed by atoms with Gasteiger partial charge in [-0.15, -0.1) is 0 Å². The maximum atomic E-state index is 6.12. The van der Waals surface area contributed by atoms with E-state index < -0.39 is 25.2 Å². The Kier molecular flexibility index (Phi) is 31.5. The Balaban J connectivity index is -0.0000000653. The second-order valence-electron chi connectivity index (χ2n) is 5.53. The van der Waals surface area contributed by atoms with Gasteiger partial charge in [-0.05, 0) is 39.3 Å². The molecule has 7 heteroatoms. The van der Waals surface area contributed by atoms with E-state index in [1.54, 1.807) is 0 Å². The molecule has 0 aromatic carbocycles. The van der Waals surface area contributed by atoms with Gasteiger partial charge in [-0.3, -0.25) is 0 Å². The van der Waals surface area contributed by atoms with Crippen LogP contribution in [0.5, 0.6) is 0 Å². The molecule has 0 aliphatic rings. The highest BCUT2D eigenvalue weighted by molar-refractivity contribution is 6.87. The summed E-state index contributed by atoms with van der Waals surface area (Å²) >= 11 is 0. The van der Waals surface area contributed by atoms with Gasteiger partial charge in [-0.25, -0.2) is 0 Å². The number of hydrogen-bond acceptors (Lipinski definition) is 4. The van der Waals surface area contributed by atoms with Crippen LogP contribution >= 0.6 is 0 Å². The summed E-state index contributed by atoms with van der Waals surface area (Å²) < 4.78 is 12.2. The van der Waals surface area contributed by atoms with Gasteiger partial charge in [0.2, 0.25) is 0 Å². The minimum atomic E-state index is -2.05. The van der Waals surface area contributed by atoms with Crippen LogP contribution in [0.3, 0.4) is 0 Å². The molecule has 4 nitrogen and oxygen atoms in total. The van der Waals surface area contributed by atoms with Crippen LogP contribution in [0.15, 0.2) is 0 Å². The van der Waals surface area contributed by atoms with E-state index in [0.29, 0.717) is 12.3 Å². The Morgan fingerprint density at radius 3 is 0.905 bits per heavy atom.